The molecule has 1 aliphatic heterocycles. The molecular weight excluding hydrogens is 462 g/mol. The Morgan fingerprint density at radius 1 is 0.879 bits per heavy atom. The van der Waals surface area contributed by atoms with E-state index in [9.17, 15) is 21.6 Å². The summed E-state index contributed by atoms with van der Waals surface area (Å²) in [6.45, 7) is 6.18. The minimum atomic E-state index is -3.74. The van der Waals surface area contributed by atoms with Crippen molar-refractivity contribution in [1.29, 1.82) is 0 Å². The van der Waals surface area contributed by atoms with Crippen LogP contribution >= 0.6 is 0 Å². The highest BCUT2D eigenvalue weighted by Crippen LogP contribution is 2.26. The van der Waals surface area contributed by atoms with Crippen LogP contribution in [0.15, 0.2) is 46.2 Å². The lowest BCUT2D eigenvalue weighted by atomic mass is 10.2. The van der Waals surface area contributed by atoms with Crippen molar-refractivity contribution < 1.29 is 21.6 Å². The maximum Gasteiger partial charge on any atom is 0.243 e. The molecule has 0 atom stereocenters. The van der Waals surface area contributed by atoms with Crippen LogP contribution in [-0.2, 0) is 24.8 Å². The normalized spacial score (nSPS) is 15.4. The Bertz CT molecular complexity index is 1230. The van der Waals surface area contributed by atoms with E-state index in [0.717, 1.165) is 24.8 Å². The Balaban J connectivity index is 1.64. The Hall–Kier alpha value is -2.27. The van der Waals surface area contributed by atoms with Crippen LogP contribution < -0.4 is 10.0 Å². The van der Waals surface area contributed by atoms with Gasteiger partial charge in [-0.25, -0.2) is 21.6 Å². The fourth-order valence-electron chi connectivity index (χ4n) is 3.80. The Morgan fingerprint density at radius 3 is 2.21 bits per heavy atom. The number of rotatable bonds is 8. The molecule has 1 aliphatic rings. The van der Waals surface area contributed by atoms with Crippen LogP contribution in [0.1, 0.15) is 42.4 Å². The van der Waals surface area contributed by atoms with Gasteiger partial charge in [0.2, 0.25) is 26.0 Å². The minimum absolute atomic E-state index is 0.0770. The maximum atomic E-state index is 13.1. The lowest BCUT2D eigenvalue weighted by Crippen LogP contribution is -2.36. The Labute approximate surface area is 196 Å². The van der Waals surface area contributed by atoms with Gasteiger partial charge in [-0.1, -0.05) is 24.6 Å². The number of carbonyl (C=O) groups excluding carboxylic acids is 1. The van der Waals surface area contributed by atoms with Crippen molar-refractivity contribution in [2.75, 3.05) is 25.0 Å². The second-order valence-corrected chi connectivity index (χ2v) is 12.1. The summed E-state index contributed by atoms with van der Waals surface area (Å²) >= 11 is 0. The van der Waals surface area contributed by atoms with Gasteiger partial charge in [-0.2, -0.15) is 4.31 Å². The number of carbonyl (C=O) groups is 1. The number of nitrogens with zero attached hydrogens (tertiary/aromatic N) is 1. The average Bonchev–Trinajstić information content (AvgIpc) is 2.77. The van der Waals surface area contributed by atoms with E-state index in [4.69, 9.17) is 0 Å². The smallest absolute Gasteiger partial charge is 0.243 e. The number of anilines is 1. The first kappa shape index (κ1) is 25.4. The first-order valence-electron chi connectivity index (χ1n) is 11.0. The van der Waals surface area contributed by atoms with E-state index < -0.39 is 26.0 Å². The molecule has 8 nitrogen and oxygen atoms in total. The molecule has 0 unspecified atom stereocenters. The topological polar surface area (TPSA) is 113 Å². The molecule has 0 aliphatic carbocycles. The van der Waals surface area contributed by atoms with Gasteiger partial charge in [0.15, 0.2) is 0 Å². The third kappa shape index (κ3) is 6.20. The standard InChI is InChI=1S/C23H31N3O5S2/c1-17-7-8-18(2)21(15-17)32(28,29)24-12-11-23(27)25-20-10-9-19(3)22(16-20)33(30,31)26-13-5-4-6-14-26/h7-10,15-16,24H,4-6,11-14H2,1-3H3,(H,25,27). The van der Waals surface area contributed by atoms with E-state index in [1.165, 1.54) is 10.4 Å². The molecule has 33 heavy (non-hydrogen) atoms. The van der Waals surface area contributed by atoms with Gasteiger partial charge < -0.3 is 5.32 Å². The molecule has 1 heterocycles. The van der Waals surface area contributed by atoms with E-state index in [0.29, 0.717) is 29.9 Å². The number of hydrogen-bond donors (Lipinski definition) is 2. The van der Waals surface area contributed by atoms with Gasteiger partial charge in [0.25, 0.3) is 0 Å². The molecule has 0 radical (unpaired) electrons. The van der Waals surface area contributed by atoms with Gasteiger partial charge in [0.05, 0.1) is 9.79 Å². The molecule has 0 spiro atoms. The second kappa shape index (κ2) is 10.3. The van der Waals surface area contributed by atoms with Gasteiger partial charge in [-0.15, -0.1) is 0 Å². The van der Waals surface area contributed by atoms with Crippen LogP contribution in [0.5, 0.6) is 0 Å². The van der Waals surface area contributed by atoms with Crippen LogP contribution in [0, 0.1) is 20.8 Å². The first-order valence-corrected chi connectivity index (χ1v) is 13.9. The summed E-state index contributed by atoms with van der Waals surface area (Å²) < 4.78 is 55.2. The quantitative estimate of drug-likeness (QED) is 0.587. The third-order valence-corrected chi connectivity index (χ3v) is 9.33. The van der Waals surface area contributed by atoms with E-state index in [-0.39, 0.29) is 22.8 Å². The summed E-state index contributed by atoms with van der Waals surface area (Å²) in [6.07, 6.45) is 2.61. The molecule has 1 saturated heterocycles. The van der Waals surface area contributed by atoms with Gasteiger partial charge in [0, 0.05) is 31.7 Å². The number of sulfonamides is 2. The van der Waals surface area contributed by atoms with Crippen LogP contribution in [-0.4, -0.2) is 46.7 Å². The number of benzene rings is 2. The lowest BCUT2D eigenvalue weighted by Gasteiger charge is -2.26. The van der Waals surface area contributed by atoms with Crippen molar-refractivity contribution >= 4 is 31.6 Å². The number of piperidine rings is 1. The van der Waals surface area contributed by atoms with Gasteiger partial charge >= 0.3 is 0 Å². The first-order chi connectivity index (χ1) is 15.5. The maximum absolute atomic E-state index is 13.1. The molecule has 0 bridgehead atoms. The van der Waals surface area contributed by atoms with Crippen LogP contribution in [0.4, 0.5) is 5.69 Å². The molecule has 10 heteroatoms. The summed E-state index contributed by atoms with van der Waals surface area (Å²) in [7, 11) is -7.38. The van der Waals surface area contributed by atoms with Gasteiger partial charge in [-0.3, -0.25) is 4.79 Å². The van der Waals surface area contributed by atoms with E-state index in [1.807, 2.05) is 13.0 Å². The summed E-state index contributed by atoms with van der Waals surface area (Å²) in [4.78, 5) is 12.8. The highest BCUT2D eigenvalue weighted by Gasteiger charge is 2.27. The molecular formula is C23H31N3O5S2. The summed E-state index contributed by atoms with van der Waals surface area (Å²) in [6, 6.07) is 9.94. The Morgan fingerprint density at radius 2 is 1.52 bits per heavy atom. The van der Waals surface area contributed by atoms with Crippen molar-refractivity contribution in [3.8, 4) is 0 Å². The second-order valence-electron chi connectivity index (χ2n) is 8.41. The molecule has 2 aromatic rings. The third-order valence-electron chi connectivity index (χ3n) is 5.68. The zero-order valence-corrected chi connectivity index (χ0v) is 20.9. The largest absolute Gasteiger partial charge is 0.326 e. The number of hydrogen-bond acceptors (Lipinski definition) is 5. The highest BCUT2D eigenvalue weighted by atomic mass is 32.2. The van der Waals surface area contributed by atoms with E-state index >= 15 is 0 Å². The minimum Gasteiger partial charge on any atom is -0.326 e. The SMILES string of the molecule is Cc1ccc(C)c(S(=O)(=O)NCCC(=O)Nc2ccc(C)c(S(=O)(=O)N3CCCCC3)c2)c1. The predicted octanol–water partition coefficient (Wildman–Crippen LogP) is 3.09. The Kier molecular flexibility index (Phi) is 7.94. The fourth-order valence-corrected chi connectivity index (χ4v) is 6.92. The molecule has 2 N–H and O–H groups in total. The van der Waals surface area contributed by atoms with Crippen molar-refractivity contribution in [3.63, 3.8) is 0 Å². The van der Waals surface area contributed by atoms with Crippen molar-refractivity contribution in [3.05, 3.63) is 53.1 Å². The van der Waals surface area contributed by atoms with Crippen molar-refractivity contribution in [2.45, 2.75) is 56.2 Å². The van der Waals surface area contributed by atoms with Crippen molar-refractivity contribution in [2.24, 2.45) is 0 Å². The van der Waals surface area contributed by atoms with E-state index in [2.05, 4.69) is 10.0 Å². The van der Waals surface area contributed by atoms with E-state index in [1.54, 1.807) is 38.1 Å². The van der Waals surface area contributed by atoms with Crippen LogP contribution in [0.25, 0.3) is 0 Å². The summed E-state index contributed by atoms with van der Waals surface area (Å²) in [5.74, 6) is -0.413. The molecule has 3 rings (SSSR count). The van der Waals surface area contributed by atoms with Crippen LogP contribution in [0.2, 0.25) is 0 Å². The fraction of sp³-hybridized carbons (Fsp3) is 0.435. The summed E-state index contributed by atoms with van der Waals surface area (Å²) in [5, 5.41) is 2.67. The molecule has 0 aromatic heterocycles. The molecule has 1 amide bonds. The number of amides is 1. The highest BCUT2D eigenvalue weighted by molar-refractivity contribution is 7.89. The zero-order valence-electron chi connectivity index (χ0n) is 19.2. The van der Waals surface area contributed by atoms with Gasteiger partial charge in [-0.05, 0) is 68.5 Å². The number of nitrogens with one attached hydrogen (secondary N) is 2. The molecule has 1 fully saturated rings. The molecule has 2 aromatic carbocycles. The molecule has 0 saturated carbocycles. The average molecular weight is 494 g/mol. The van der Waals surface area contributed by atoms with Crippen molar-refractivity contribution in [1.82, 2.24) is 9.03 Å². The van der Waals surface area contributed by atoms with Crippen LogP contribution in [0.3, 0.4) is 0 Å². The predicted molar refractivity (Wildman–Crippen MR) is 128 cm³/mol. The zero-order chi connectivity index (χ0) is 24.2. The monoisotopic (exact) mass is 493 g/mol. The van der Waals surface area contributed by atoms with Gasteiger partial charge in [0.1, 0.15) is 0 Å². The lowest BCUT2D eigenvalue weighted by molar-refractivity contribution is -0.116. The molecule has 180 valence electrons. The summed E-state index contributed by atoms with van der Waals surface area (Å²) in [5.41, 5.74) is 2.42. The number of aryl methyl sites for hydroxylation is 3.